The zero-order valence-electron chi connectivity index (χ0n) is 13.4. The molecule has 1 heterocycles. The molecule has 0 radical (unpaired) electrons. The van der Waals surface area contributed by atoms with Crippen molar-refractivity contribution in [1.29, 1.82) is 0 Å². The average Bonchev–Trinajstić information content (AvgIpc) is 2.79. The van der Waals surface area contributed by atoms with Crippen molar-refractivity contribution >= 4 is 29.2 Å². The maximum atomic E-state index is 11.9. The molecular formula is C17H21NO3S. The van der Waals surface area contributed by atoms with Gasteiger partial charge in [-0.1, -0.05) is 44.7 Å². The molecule has 4 nitrogen and oxygen atoms in total. The van der Waals surface area contributed by atoms with Crippen molar-refractivity contribution in [3.05, 3.63) is 40.4 Å². The highest BCUT2D eigenvalue weighted by atomic mass is 32.2. The van der Waals surface area contributed by atoms with Gasteiger partial charge in [0.25, 0.3) is 0 Å². The maximum Gasteiger partial charge on any atom is 0.344 e. The van der Waals surface area contributed by atoms with Gasteiger partial charge in [0.05, 0.1) is 17.4 Å². The first-order chi connectivity index (χ1) is 10.3. The highest BCUT2D eigenvalue weighted by Crippen LogP contribution is 2.31. The summed E-state index contributed by atoms with van der Waals surface area (Å²) in [7, 11) is 0. The highest BCUT2D eigenvalue weighted by molar-refractivity contribution is 8.04. The number of thioether (sulfide) groups is 1. The van der Waals surface area contributed by atoms with Crippen molar-refractivity contribution in [3.8, 4) is 0 Å². The minimum Gasteiger partial charge on any atom is -0.462 e. The molecule has 5 heteroatoms. The van der Waals surface area contributed by atoms with Crippen LogP contribution in [0.5, 0.6) is 0 Å². The zero-order chi connectivity index (χ0) is 16.3. The van der Waals surface area contributed by atoms with Crippen LogP contribution < -0.4 is 5.32 Å². The zero-order valence-corrected chi connectivity index (χ0v) is 14.2. The number of ether oxygens (including phenoxy) is 1. The molecule has 22 heavy (non-hydrogen) atoms. The topological polar surface area (TPSA) is 55.4 Å². The Labute approximate surface area is 135 Å². The van der Waals surface area contributed by atoms with Crippen LogP contribution in [0.4, 0.5) is 5.69 Å². The smallest absolute Gasteiger partial charge is 0.344 e. The summed E-state index contributed by atoms with van der Waals surface area (Å²) in [4.78, 5) is 23.7. The standard InChI is InChI=1S/C17H21NO3S/c1-5-21-16(20)14-13(19)10-22-15(14)18-12-8-6-11(7-9-12)17(2,3)4/h6-9,18H,5,10H2,1-4H3. The van der Waals surface area contributed by atoms with E-state index < -0.39 is 5.97 Å². The van der Waals surface area contributed by atoms with Crippen LogP contribution in [-0.2, 0) is 19.7 Å². The largest absolute Gasteiger partial charge is 0.462 e. The Morgan fingerprint density at radius 2 is 1.91 bits per heavy atom. The van der Waals surface area contributed by atoms with Crippen LogP contribution >= 0.6 is 11.8 Å². The molecule has 0 saturated carbocycles. The van der Waals surface area contributed by atoms with Crippen LogP contribution in [0.15, 0.2) is 34.9 Å². The van der Waals surface area contributed by atoms with Gasteiger partial charge in [-0.25, -0.2) is 4.79 Å². The number of hydrogen-bond donors (Lipinski definition) is 1. The molecule has 0 amide bonds. The Balaban J connectivity index is 2.21. The van der Waals surface area contributed by atoms with Crippen LogP contribution in [0.3, 0.4) is 0 Å². The van der Waals surface area contributed by atoms with Gasteiger partial charge in [0.15, 0.2) is 5.78 Å². The number of esters is 1. The van der Waals surface area contributed by atoms with Gasteiger partial charge in [0.1, 0.15) is 5.57 Å². The number of hydrogen-bond acceptors (Lipinski definition) is 5. The number of benzene rings is 1. The molecule has 118 valence electrons. The lowest BCUT2D eigenvalue weighted by Gasteiger charge is -2.19. The van der Waals surface area contributed by atoms with E-state index >= 15 is 0 Å². The minimum absolute atomic E-state index is 0.0893. The molecular weight excluding hydrogens is 298 g/mol. The van der Waals surface area contributed by atoms with Crippen molar-refractivity contribution in [2.45, 2.75) is 33.1 Å². The summed E-state index contributed by atoms with van der Waals surface area (Å²) in [5.41, 5.74) is 2.30. The molecule has 1 aliphatic heterocycles. The second kappa shape index (κ2) is 6.57. The van der Waals surface area contributed by atoms with E-state index in [1.54, 1.807) is 6.92 Å². The summed E-state index contributed by atoms with van der Waals surface area (Å²) in [6.07, 6.45) is 0. The summed E-state index contributed by atoms with van der Waals surface area (Å²) >= 11 is 1.34. The maximum absolute atomic E-state index is 11.9. The highest BCUT2D eigenvalue weighted by Gasteiger charge is 2.31. The van der Waals surface area contributed by atoms with Gasteiger partial charge in [-0.2, -0.15) is 0 Å². The Morgan fingerprint density at radius 1 is 1.27 bits per heavy atom. The lowest BCUT2D eigenvalue weighted by Crippen LogP contribution is -2.16. The summed E-state index contributed by atoms with van der Waals surface area (Å²) in [6, 6.07) is 8.02. The molecule has 1 aliphatic rings. The van der Waals surface area contributed by atoms with Gasteiger partial charge >= 0.3 is 5.97 Å². The Morgan fingerprint density at radius 3 is 2.45 bits per heavy atom. The van der Waals surface area contributed by atoms with Crippen molar-refractivity contribution in [3.63, 3.8) is 0 Å². The molecule has 0 unspecified atom stereocenters. The van der Waals surface area contributed by atoms with Crippen molar-refractivity contribution in [2.75, 3.05) is 17.7 Å². The fourth-order valence-corrected chi connectivity index (χ4v) is 3.05. The van der Waals surface area contributed by atoms with Gasteiger partial charge in [0, 0.05) is 5.69 Å². The number of rotatable bonds is 4. The number of anilines is 1. The number of nitrogens with one attached hydrogen (secondary N) is 1. The van der Waals surface area contributed by atoms with E-state index in [0.717, 1.165) is 5.69 Å². The normalized spacial score (nSPS) is 15.2. The van der Waals surface area contributed by atoms with Gasteiger partial charge < -0.3 is 10.1 Å². The van der Waals surface area contributed by atoms with E-state index in [1.807, 2.05) is 24.3 Å². The first kappa shape index (κ1) is 16.6. The van der Waals surface area contributed by atoms with E-state index in [9.17, 15) is 9.59 Å². The van der Waals surface area contributed by atoms with Crippen LogP contribution in [0, 0.1) is 0 Å². The second-order valence-electron chi connectivity index (χ2n) is 6.09. The summed E-state index contributed by atoms with van der Waals surface area (Å²) in [5.74, 6) is -0.458. The average molecular weight is 319 g/mol. The van der Waals surface area contributed by atoms with Crippen molar-refractivity contribution in [1.82, 2.24) is 0 Å². The predicted octanol–water partition coefficient (Wildman–Crippen LogP) is 3.49. The molecule has 1 aromatic rings. The van der Waals surface area contributed by atoms with Crippen LogP contribution in [0.1, 0.15) is 33.3 Å². The minimum atomic E-state index is -0.550. The molecule has 1 aromatic carbocycles. The molecule has 0 fully saturated rings. The Bertz CT molecular complexity index is 612. The second-order valence-corrected chi connectivity index (χ2v) is 7.07. The monoisotopic (exact) mass is 319 g/mol. The summed E-state index contributed by atoms with van der Waals surface area (Å²) in [5, 5.41) is 3.74. The van der Waals surface area contributed by atoms with Crippen LogP contribution in [0.2, 0.25) is 0 Å². The fourth-order valence-electron chi connectivity index (χ4n) is 2.10. The van der Waals surface area contributed by atoms with Gasteiger partial charge in [-0.15, -0.1) is 0 Å². The molecule has 0 spiro atoms. The Hall–Kier alpha value is -1.75. The van der Waals surface area contributed by atoms with Crippen LogP contribution in [0.25, 0.3) is 0 Å². The first-order valence-corrected chi connectivity index (χ1v) is 8.26. The first-order valence-electron chi connectivity index (χ1n) is 7.28. The third-order valence-corrected chi connectivity index (χ3v) is 4.34. The predicted molar refractivity (Wildman–Crippen MR) is 89.9 cm³/mol. The molecule has 0 aromatic heterocycles. The van der Waals surface area contributed by atoms with E-state index in [0.29, 0.717) is 5.03 Å². The molecule has 1 N–H and O–H groups in total. The van der Waals surface area contributed by atoms with E-state index in [2.05, 4.69) is 26.1 Å². The number of Topliss-reactive ketones (excluding diaryl/α,β-unsaturated/α-hetero) is 1. The van der Waals surface area contributed by atoms with Crippen LogP contribution in [-0.4, -0.2) is 24.1 Å². The third-order valence-electron chi connectivity index (χ3n) is 3.34. The van der Waals surface area contributed by atoms with Gasteiger partial charge in [0.2, 0.25) is 0 Å². The van der Waals surface area contributed by atoms with E-state index in [1.165, 1.54) is 17.3 Å². The lowest BCUT2D eigenvalue weighted by atomic mass is 9.87. The number of carbonyl (C=O) groups excluding carboxylic acids is 2. The lowest BCUT2D eigenvalue weighted by molar-refractivity contribution is -0.139. The SMILES string of the molecule is CCOC(=O)C1=C(Nc2ccc(C(C)(C)C)cc2)SCC1=O. The molecule has 0 bridgehead atoms. The summed E-state index contributed by atoms with van der Waals surface area (Å²) in [6.45, 7) is 8.45. The van der Waals surface area contributed by atoms with Crippen molar-refractivity contribution in [2.24, 2.45) is 0 Å². The molecule has 0 atom stereocenters. The molecule has 2 rings (SSSR count). The number of ketones is 1. The fraction of sp³-hybridized carbons (Fsp3) is 0.412. The van der Waals surface area contributed by atoms with E-state index in [-0.39, 0.29) is 29.1 Å². The molecule has 0 saturated heterocycles. The summed E-state index contributed by atoms with van der Waals surface area (Å²) < 4.78 is 4.96. The molecule has 0 aliphatic carbocycles. The Kier molecular flexibility index (Phi) is 4.96. The van der Waals surface area contributed by atoms with E-state index in [4.69, 9.17) is 4.74 Å². The number of carbonyl (C=O) groups is 2. The van der Waals surface area contributed by atoms with Crippen molar-refractivity contribution < 1.29 is 14.3 Å². The third kappa shape index (κ3) is 3.71. The van der Waals surface area contributed by atoms with Gasteiger partial charge in [-0.3, -0.25) is 4.79 Å². The van der Waals surface area contributed by atoms with Gasteiger partial charge in [-0.05, 0) is 30.0 Å². The quantitative estimate of drug-likeness (QED) is 0.680.